The quantitative estimate of drug-likeness (QED) is 0.595. The summed E-state index contributed by atoms with van der Waals surface area (Å²) < 4.78 is 26.9. The van der Waals surface area contributed by atoms with E-state index in [0.29, 0.717) is 29.5 Å². The minimum Gasteiger partial charge on any atom is -0.396 e. The Balaban J connectivity index is 2.16. The molecule has 0 amide bonds. The average Bonchev–Trinajstić information content (AvgIpc) is 2.52. The van der Waals surface area contributed by atoms with Crippen LogP contribution in [0.25, 0.3) is 11.1 Å². The molecule has 2 aromatic rings. The van der Waals surface area contributed by atoms with Gasteiger partial charge in [-0.3, -0.25) is 4.79 Å². The number of carbonyl (C=O) groups is 1. The summed E-state index contributed by atoms with van der Waals surface area (Å²) in [5.74, 6) is -1.19. The van der Waals surface area contributed by atoms with Crippen molar-refractivity contribution in [3.63, 3.8) is 0 Å². The van der Waals surface area contributed by atoms with Gasteiger partial charge in [0.25, 0.3) is 0 Å². The molecule has 4 heteroatoms. The van der Waals surface area contributed by atoms with E-state index in [-0.39, 0.29) is 12.4 Å². The predicted octanol–water partition coefficient (Wildman–Crippen LogP) is 4.68. The normalized spacial score (nSPS) is 10.8. The Labute approximate surface area is 134 Å². The number of halogens is 2. The fourth-order valence-corrected chi connectivity index (χ4v) is 2.57. The molecule has 0 fully saturated rings. The van der Waals surface area contributed by atoms with Gasteiger partial charge in [0.05, 0.1) is 0 Å². The molecule has 1 N–H and O–H groups in total. The van der Waals surface area contributed by atoms with Crippen molar-refractivity contribution < 1.29 is 18.7 Å². The Kier molecular flexibility index (Phi) is 5.99. The third-order valence-electron chi connectivity index (χ3n) is 3.83. The topological polar surface area (TPSA) is 37.3 Å². The molecule has 0 spiro atoms. The monoisotopic (exact) mass is 318 g/mol. The van der Waals surface area contributed by atoms with Crippen LogP contribution in [0.2, 0.25) is 0 Å². The number of carbonyl (C=O) groups excluding carboxylic acids is 1. The fraction of sp³-hybridized carbons (Fsp3) is 0.316. The van der Waals surface area contributed by atoms with Crippen LogP contribution in [-0.2, 0) is 0 Å². The number of rotatable bonds is 7. The lowest BCUT2D eigenvalue weighted by molar-refractivity contribution is 0.0978. The molecule has 0 unspecified atom stereocenters. The highest BCUT2D eigenvalue weighted by Crippen LogP contribution is 2.27. The number of ketones is 1. The highest BCUT2D eigenvalue weighted by atomic mass is 19.1. The second-order valence-electron chi connectivity index (χ2n) is 5.61. The number of aliphatic hydroxyl groups is 1. The summed E-state index contributed by atoms with van der Waals surface area (Å²) in [5.41, 5.74) is 2.35. The van der Waals surface area contributed by atoms with Gasteiger partial charge in [0.2, 0.25) is 0 Å². The maximum absolute atomic E-state index is 13.9. The lowest BCUT2D eigenvalue weighted by Crippen LogP contribution is -2.00. The van der Waals surface area contributed by atoms with E-state index in [1.54, 1.807) is 25.1 Å². The Morgan fingerprint density at radius 1 is 1.00 bits per heavy atom. The zero-order valence-electron chi connectivity index (χ0n) is 13.1. The molecule has 0 radical (unpaired) electrons. The van der Waals surface area contributed by atoms with Crippen molar-refractivity contribution in [3.05, 3.63) is 59.2 Å². The van der Waals surface area contributed by atoms with Gasteiger partial charge < -0.3 is 5.11 Å². The Morgan fingerprint density at radius 2 is 1.74 bits per heavy atom. The summed E-state index contributed by atoms with van der Waals surface area (Å²) in [6.45, 7) is 1.95. The third-order valence-corrected chi connectivity index (χ3v) is 3.83. The molecular weight excluding hydrogens is 298 g/mol. The number of hydrogen-bond acceptors (Lipinski definition) is 2. The van der Waals surface area contributed by atoms with Crippen LogP contribution < -0.4 is 0 Å². The molecule has 0 aliphatic rings. The maximum atomic E-state index is 13.9. The smallest absolute Gasteiger partial charge is 0.162 e. The maximum Gasteiger partial charge on any atom is 0.162 e. The predicted molar refractivity (Wildman–Crippen MR) is 86.4 cm³/mol. The van der Waals surface area contributed by atoms with Crippen LogP contribution in [-0.4, -0.2) is 17.5 Å². The molecule has 0 saturated heterocycles. The number of hydrogen-bond donors (Lipinski definition) is 1. The van der Waals surface area contributed by atoms with Crippen molar-refractivity contribution in [2.45, 2.75) is 32.6 Å². The minimum atomic E-state index is -0.615. The molecule has 0 atom stereocenters. The zero-order chi connectivity index (χ0) is 16.8. The molecule has 0 aliphatic heterocycles. The molecule has 122 valence electrons. The molecule has 0 aromatic heterocycles. The average molecular weight is 318 g/mol. The first kappa shape index (κ1) is 17.3. The largest absolute Gasteiger partial charge is 0.396 e. The highest BCUT2D eigenvalue weighted by Gasteiger charge is 2.12. The molecule has 0 bridgehead atoms. The summed E-state index contributed by atoms with van der Waals surface area (Å²) in [6.07, 6.45) is 2.70. The van der Waals surface area contributed by atoms with Gasteiger partial charge in [0.15, 0.2) is 5.78 Å². The van der Waals surface area contributed by atoms with Crippen molar-refractivity contribution in [2.75, 3.05) is 6.61 Å². The van der Waals surface area contributed by atoms with Gasteiger partial charge in [-0.25, -0.2) is 8.78 Å². The van der Waals surface area contributed by atoms with Crippen molar-refractivity contribution in [1.82, 2.24) is 0 Å². The lowest BCUT2D eigenvalue weighted by atomic mass is 9.95. The second-order valence-corrected chi connectivity index (χ2v) is 5.61. The van der Waals surface area contributed by atoms with Crippen molar-refractivity contribution in [2.24, 2.45) is 0 Å². The van der Waals surface area contributed by atoms with Gasteiger partial charge in [-0.15, -0.1) is 0 Å². The van der Waals surface area contributed by atoms with Crippen LogP contribution in [0.5, 0.6) is 0 Å². The zero-order valence-corrected chi connectivity index (χ0v) is 13.1. The van der Waals surface area contributed by atoms with Crippen molar-refractivity contribution >= 4 is 5.78 Å². The van der Waals surface area contributed by atoms with E-state index in [4.69, 9.17) is 5.11 Å². The first-order valence-electron chi connectivity index (χ1n) is 7.73. The third kappa shape index (κ3) is 4.45. The Morgan fingerprint density at radius 3 is 2.39 bits per heavy atom. The van der Waals surface area contributed by atoms with Crippen LogP contribution in [0.3, 0.4) is 0 Å². The van der Waals surface area contributed by atoms with Crippen LogP contribution in [0.15, 0.2) is 36.4 Å². The minimum absolute atomic E-state index is 0.0390. The summed E-state index contributed by atoms with van der Waals surface area (Å²) in [7, 11) is 0. The van der Waals surface area contributed by atoms with E-state index in [1.165, 1.54) is 12.1 Å². The molecule has 0 aliphatic carbocycles. The summed E-state index contributed by atoms with van der Waals surface area (Å²) in [5, 5.41) is 8.72. The number of benzene rings is 2. The number of aryl methyl sites for hydroxylation is 1. The van der Waals surface area contributed by atoms with E-state index in [9.17, 15) is 13.6 Å². The van der Waals surface area contributed by atoms with E-state index < -0.39 is 11.6 Å². The van der Waals surface area contributed by atoms with E-state index in [0.717, 1.165) is 24.5 Å². The Hall–Kier alpha value is -2.07. The van der Waals surface area contributed by atoms with E-state index >= 15 is 0 Å². The number of aliphatic hydroxyl groups excluding tert-OH is 1. The number of Topliss-reactive ketones (excluding diaryl/α,β-unsaturated/α-hetero) is 1. The molecule has 2 rings (SSSR count). The van der Waals surface area contributed by atoms with Crippen LogP contribution >= 0.6 is 0 Å². The van der Waals surface area contributed by atoms with Crippen molar-refractivity contribution in [3.8, 4) is 11.1 Å². The molecular formula is C19H20F2O2. The first-order valence-corrected chi connectivity index (χ1v) is 7.73. The summed E-state index contributed by atoms with van der Waals surface area (Å²) >= 11 is 0. The molecule has 0 saturated carbocycles. The van der Waals surface area contributed by atoms with Crippen LogP contribution in [0.1, 0.15) is 41.6 Å². The van der Waals surface area contributed by atoms with Gasteiger partial charge >= 0.3 is 0 Å². The van der Waals surface area contributed by atoms with E-state index in [1.807, 2.05) is 0 Å². The van der Waals surface area contributed by atoms with Crippen LogP contribution in [0.4, 0.5) is 8.78 Å². The van der Waals surface area contributed by atoms with Gasteiger partial charge in [0, 0.05) is 30.2 Å². The highest BCUT2D eigenvalue weighted by molar-refractivity contribution is 5.96. The SMILES string of the molecule is Cc1cc(C(=O)CCCCCO)ccc1-c1ccc(F)cc1F. The first-order chi connectivity index (χ1) is 11.0. The molecule has 2 aromatic carbocycles. The fourth-order valence-electron chi connectivity index (χ4n) is 2.57. The molecule has 0 heterocycles. The second kappa shape index (κ2) is 7.97. The molecule has 23 heavy (non-hydrogen) atoms. The number of unbranched alkanes of at least 4 members (excludes halogenated alkanes) is 2. The Bertz CT molecular complexity index is 696. The van der Waals surface area contributed by atoms with Gasteiger partial charge in [-0.05, 0) is 49.1 Å². The van der Waals surface area contributed by atoms with Crippen molar-refractivity contribution in [1.29, 1.82) is 0 Å². The van der Waals surface area contributed by atoms with Gasteiger partial charge in [-0.1, -0.05) is 18.6 Å². The standard InChI is InChI=1S/C19H20F2O2/c1-13-11-14(19(23)5-3-2-4-10-22)6-8-16(13)17-9-7-15(20)12-18(17)21/h6-9,11-12,22H,2-5,10H2,1H3. The van der Waals surface area contributed by atoms with Gasteiger partial charge in [-0.2, -0.15) is 0 Å². The summed E-state index contributed by atoms with van der Waals surface area (Å²) in [6, 6.07) is 8.61. The summed E-state index contributed by atoms with van der Waals surface area (Å²) in [4.78, 5) is 12.1. The molecule has 2 nitrogen and oxygen atoms in total. The van der Waals surface area contributed by atoms with E-state index in [2.05, 4.69) is 0 Å². The van der Waals surface area contributed by atoms with Crippen LogP contribution in [0, 0.1) is 18.6 Å². The van der Waals surface area contributed by atoms with Gasteiger partial charge in [0.1, 0.15) is 11.6 Å². The lowest BCUT2D eigenvalue weighted by Gasteiger charge is -2.10.